The number of aldehydes is 1. The van der Waals surface area contributed by atoms with Crippen LogP contribution in [0.2, 0.25) is 0 Å². The largest absolute Gasteiger partial charge is 0.490 e. The molecule has 2 rings (SSSR count). The Morgan fingerprint density at radius 1 is 1.64 bits per heavy atom. The van der Waals surface area contributed by atoms with Crippen LogP contribution < -0.4 is 10.5 Å². The smallest absolute Gasteiger partial charge is 0.155 e. The second-order valence-electron chi connectivity index (χ2n) is 3.35. The Bertz CT molecular complexity index is 348. The van der Waals surface area contributed by atoms with Gasteiger partial charge in [0.05, 0.1) is 17.4 Å². The van der Waals surface area contributed by atoms with Crippen molar-refractivity contribution >= 4 is 6.29 Å². The lowest BCUT2D eigenvalue weighted by Gasteiger charge is -2.07. The number of carbonyl (C=O) groups excluding carboxylic acids is 1. The summed E-state index contributed by atoms with van der Waals surface area (Å²) in [4.78, 5) is 14.7. The normalized spacial score (nSPS) is 15.2. The van der Waals surface area contributed by atoms with E-state index < -0.39 is 0 Å². The third kappa shape index (κ3) is 1.90. The number of hydrogen-bond donors (Lipinski definition) is 1. The van der Waals surface area contributed by atoms with E-state index in [9.17, 15) is 4.79 Å². The van der Waals surface area contributed by atoms with Crippen molar-refractivity contribution in [3.05, 3.63) is 23.5 Å². The first-order valence-electron chi connectivity index (χ1n) is 4.64. The average molecular weight is 192 g/mol. The maximum absolute atomic E-state index is 10.7. The van der Waals surface area contributed by atoms with E-state index in [0.29, 0.717) is 17.9 Å². The summed E-state index contributed by atoms with van der Waals surface area (Å²) < 4.78 is 5.56. The number of aromatic nitrogens is 1. The third-order valence-electron chi connectivity index (χ3n) is 2.11. The topological polar surface area (TPSA) is 65.2 Å². The summed E-state index contributed by atoms with van der Waals surface area (Å²) in [6.45, 7) is 0.361. The molecule has 1 aliphatic carbocycles. The highest BCUT2D eigenvalue weighted by molar-refractivity contribution is 5.78. The Balaban J connectivity index is 2.26. The Morgan fingerprint density at radius 3 is 3.00 bits per heavy atom. The van der Waals surface area contributed by atoms with Crippen molar-refractivity contribution in [2.24, 2.45) is 5.73 Å². The van der Waals surface area contributed by atoms with Crippen LogP contribution in [0.4, 0.5) is 0 Å². The Kier molecular flexibility index (Phi) is 2.45. The van der Waals surface area contributed by atoms with E-state index in [4.69, 9.17) is 10.5 Å². The molecule has 0 aliphatic heterocycles. The monoisotopic (exact) mass is 192 g/mol. The van der Waals surface area contributed by atoms with Crippen LogP contribution in [0, 0.1) is 0 Å². The van der Waals surface area contributed by atoms with Gasteiger partial charge in [-0.15, -0.1) is 0 Å². The minimum absolute atomic E-state index is 0.279. The molecular weight excluding hydrogens is 180 g/mol. The molecule has 1 aromatic rings. The highest BCUT2D eigenvalue weighted by Gasteiger charge is 2.24. The van der Waals surface area contributed by atoms with E-state index >= 15 is 0 Å². The highest BCUT2D eigenvalue weighted by Crippen LogP contribution is 2.28. The Morgan fingerprint density at radius 2 is 2.43 bits per heavy atom. The fourth-order valence-corrected chi connectivity index (χ4v) is 1.16. The zero-order valence-corrected chi connectivity index (χ0v) is 7.77. The quantitative estimate of drug-likeness (QED) is 0.719. The second kappa shape index (κ2) is 3.75. The van der Waals surface area contributed by atoms with E-state index in [2.05, 4.69) is 4.98 Å². The van der Waals surface area contributed by atoms with E-state index in [-0.39, 0.29) is 6.10 Å². The molecule has 1 fully saturated rings. The van der Waals surface area contributed by atoms with Gasteiger partial charge in [0.25, 0.3) is 0 Å². The molecule has 0 aromatic carbocycles. The van der Waals surface area contributed by atoms with Gasteiger partial charge in [0.15, 0.2) is 6.29 Å². The van der Waals surface area contributed by atoms with Gasteiger partial charge in [0, 0.05) is 18.8 Å². The second-order valence-corrected chi connectivity index (χ2v) is 3.35. The van der Waals surface area contributed by atoms with Crippen LogP contribution in [-0.4, -0.2) is 17.4 Å². The summed E-state index contributed by atoms with van der Waals surface area (Å²) >= 11 is 0. The maximum atomic E-state index is 10.7. The molecule has 4 nitrogen and oxygen atoms in total. The molecule has 0 bridgehead atoms. The summed E-state index contributed by atoms with van der Waals surface area (Å²) in [6.07, 6.45) is 4.68. The number of nitrogens with two attached hydrogens (primary N) is 1. The van der Waals surface area contributed by atoms with E-state index in [0.717, 1.165) is 24.8 Å². The van der Waals surface area contributed by atoms with Crippen molar-refractivity contribution in [1.29, 1.82) is 0 Å². The number of hydrogen-bond acceptors (Lipinski definition) is 4. The van der Waals surface area contributed by atoms with Crippen molar-refractivity contribution in [2.75, 3.05) is 0 Å². The molecule has 0 radical (unpaired) electrons. The fourth-order valence-electron chi connectivity index (χ4n) is 1.16. The third-order valence-corrected chi connectivity index (χ3v) is 2.11. The van der Waals surface area contributed by atoms with Crippen LogP contribution in [-0.2, 0) is 6.54 Å². The van der Waals surface area contributed by atoms with Crippen molar-refractivity contribution in [1.82, 2.24) is 4.98 Å². The van der Waals surface area contributed by atoms with Gasteiger partial charge < -0.3 is 10.5 Å². The number of nitrogens with zero attached hydrogens (tertiary/aromatic N) is 1. The molecular formula is C10H12N2O2. The van der Waals surface area contributed by atoms with Gasteiger partial charge in [-0.3, -0.25) is 9.78 Å². The summed E-state index contributed by atoms with van der Waals surface area (Å²) in [5, 5.41) is 0. The van der Waals surface area contributed by atoms with Crippen LogP contribution in [0.3, 0.4) is 0 Å². The fraction of sp³-hybridized carbons (Fsp3) is 0.400. The standard InChI is InChI=1S/C10H12N2O2/c11-4-8-3-10(14-9-1-2-9)7(6-13)5-12-8/h3,5-6,9H,1-2,4,11H2. The zero-order valence-electron chi connectivity index (χ0n) is 7.77. The van der Waals surface area contributed by atoms with Gasteiger partial charge in [-0.05, 0) is 12.8 Å². The lowest BCUT2D eigenvalue weighted by Crippen LogP contribution is -2.04. The van der Waals surface area contributed by atoms with Crippen molar-refractivity contribution < 1.29 is 9.53 Å². The molecule has 1 aliphatic rings. The summed E-state index contributed by atoms with van der Waals surface area (Å²) in [6, 6.07) is 1.74. The Hall–Kier alpha value is -1.42. The first-order chi connectivity index (χ1) is 6.83. The molecule has 0 atom stereocenters. The predicted molar refractivity (Wildman–Crippen MR) is 51.2 cm³/mol. The van der Waals surface area contributed by atoms with E-state index in [1.54, 1.807) is 6.07 Å². The minimum Gasteiger partial charge on any atom is -0.490 e. The molecule has 74 valence electrons. The first kappa shape index (κ1) is 9.15. The van der Waals surface area contributed by atoms with E-state index in [1.807, 2.05) is 0 Å². The molecule has 1 aromatic heterocycles. The van der Waals surface area contributed by atoms with E-state index in [1.165, 1.54) is 6.20 Å². The lowest BCUT2D eigenvalue weighted by atomic mass is 10.2. The van der Waals surface area contributed by atoms with Crippen molar-refractivity contribution in [2.45, 2.75) is 25.5 Å². The van der Waals surface area contributed by atoms with Gasteiger partial charge in [0.2, 0.25) is 0 Å². The van der Waals surface area contributed by atoms with Crippen LogP contribution in [0.15, 0.2) is 12.3 Å². The highest BCUT2D eigenvalue weighted by atomic mass is 16.5. The van der Waals surface area contributed by atoms with Crippen LogP contribution >= 0.6 is 0 Å². The molecule has 14 heavy (non-hydrogen) atoms. The lowest BCUT2D eigenvalue weighted by molar-refractivity contribution is 0.111. The number of pyridine rings is 1. The Labute approximate surface area is 82.1 Å². The average Bonchev–Trinajstić information content (AvgIpc) is 3.01. The van der Waals surface area contributed by atoms with Gasteiger partial charge in [-0.2, -0.15) is 0 Å². The molecule has 0 saturated heterocycles. The molecule has 2 N–H and O–H groups in total. The first-order valence-corrected chi connectivity index (χ1v) is 4.64. The number of rotatable bonds is 4. The summed E-state index contributed by atoms with van der Waals surface area (Å²) in [7, 11) is 0. The molecule has 0 amide bonds. The summed E-state index contributed by atoms with van der Waals surface area (Å²) in [5.74, 6) is 0.609. The van der Waals surface area contributed by atoms with Gasteiger partial charge >= 0.3 is 0 Å². The van der Waals surface area contributed by atoms with Gasteiger partial charge in [-0.25, -0.2) is 0 Å². The molecule has 4 heteroatoms. The van der Waals surface area contributed by atoms with Gasteiger partial charge in [0.1, 0.15) is 5.75 Å². The molecule has 1 saturated carbocycles. The molecule has 0 unspecified atom stereocenters. The van der Waals surface area contributed by atoms with Crippen LogP contribution in [0.5, 0.6) is 5.75 Å². The zero-order chi connectivity index (χ0) is 9.97. The van der Waals surface area contributed by atoms with Gasteiger partial charge in [-0.1, -0.05) is 0 Å². The minimum atomic E-state index is 0.279. The van der Waals surface area contributed by atoms with Crippen molar-refractivity contribution in [3.63, 3.8) is 0 Å². The molecule has 1 heterocycles. The SMILES string of the molecule is NCc1cc(OC2CC2)c(C=O)cn1. The van der Waals surface area contributed by atoms with Crippen LogP contribution in [0.25, 0.3) is 0 Å². The number of ether oxygens (including phenoxy) is 1. The number of carbonyl (C=O) groups is 1. The predicted octanol–water partition coefficient (Wildman–Crippen LogP) is 0.894. The maximum Gasteiger partial charge on any atom is 0.155 e. The van der Waals surface area contributed by atoms with Crippen molar-refractivity contribution in [3.8, 4) is 5.75 Å². The molecule has 0 spiro atoms. The summed E-state index contributed by atoms with van der Waals surface area (Å²) in [5.41, 5.74) is 6.69. The van der Waals surface area contributed by atoms with Crippen LogP contribution in [0.1, 0.15) is 28.9 Å².